The topological polar surface area (TPSA) is 53.9 Å². The third kappa shape index (κ3) is 4.16. The fourth-order valence-corrected chi connectivity index (χ4v) is 4.87. The van der Waals surface area contributed by atoms with Gasteiger partial charge in [-0.25, -0.2) is 9.97 Å². The number of pyridine rings is 1. The average molecular weight is 420 g/mol. The van der Waals surface area contributed by atoms with E-state index in [4.69, 9.17) is 9.97 Å². The number of rotatable bonds is 8. The van der Waals surface area contributed by atoms with Gasteiger partial charge in [0, 0.05) is 23.0 Å². The highest BCUT2D eigenvalue weighted by atomic mass is 32.1. The van der Waals surface area contributed by atoms with Gasteiger partial charge in [0.1, 0.15) is 16.5 Å². The van der Waals surface area contributed by atoms with Crippen molar-refractivity contribution in [2.45, 2.75) is 40.7 Å². The maximum absolute atomic E-state index is 4.93. The molecule has 0 radical (unpaired) electrons. The van der Waals surface area contributed by atoms with Gasteiger partial charge in [-0.2, -0.15) is 0 Å². The summed E-state index contributed by atoms with van der Waals surface area (Å²) in [6.45, 7) is 12.3. The second kappa shape index (κ2) is 9.06. The lowest BCUT2D eigenvalue weighted by Gasteiger charge is -2.17. The molecule has 156 valence electrons. The van der Waals surface area contributed by atoms with Crippen molar-refractivity contribution >= 4 is 38.3 Å². The van der Waals surface area contributed by atoms with Crippen LogP contribution in [0.15, 0.2) is 36.5 Å². The normalized spacial score (nSPS) is 11.6. The van der Waals surface area contributed by atoms with Crippen LogP contribution < -0.4 is 5.32 Å². The van der Waals surface area contributed by atoms with Gasteiger partial charge in [-0.15, -0.1) is 11.3 Å². The molecule has 3 aromatic heterocycles. The van der Waals surface area contributed by atoms with Crippen molar-refractivity contribution in [3.63, 3.8) is 0 Å². The van der Waals surface area contributed by atoms with Crippen molar-refractivity contribution in [3.05, 3.63) is 58.4 Å². The molecule has 30 heavy (non-hydrogen) atoms. The molecule has 0 spiro atoms. The van der Waals surface area contributed by atoms with Crippen LogP contribution in [0.25, 0.3) is 21.1 Å². The number of thiophene rings is 1. The first kappa shape index (κ1) is 20.7. The lowest BCUT2D eigenvalue weighted by Crippen LogP contribution is -2.23. The van der Waals surface area contributed by atoms with Crippen LogP contribution in [-0.2, 0) is 13.0 Å². The zero-order chi connectivity index (χ0) is 21.1. The third-order valence-corrected chi connectivity index (χ3v) is 6.84. The van der Waals surface area contributed by atoms with Gasteiger partial charge in [0.15, 0.2) is 0 Å². The molecule has 0 atom stereocenters. The van der Waals surface area contributed by atoms with Gasteiger partial charge in [-0.3, -0.25) is 9.88 Å². The Hall–Kier alpha value is -2.57. The van der Waals surface area contributed by atoms with Crippen LogP contribution in [0.5, 0.6) is 0 Å². The van der Waals surface area contributed by atoms with Crippen molar-refractivity contribution < 1.29 is 0 Å². The fraction of sp³-hybridized carbons (Fsp3) is 0.375. The molecular weight excluding hydrogens is 390 g/mol. The Morgan fingerprint density at radius 3 is 2.63 bits per heavy atom. The van der Waals surface area contributed by atoms with Crippen LogP contribution in [-0.4, -0.2) is 39.5 Å². The number of hydrogen-bond donors (Lipinski definition) is 1. The van der Waals surface area contributed by atoms with Crippen molar-refractivity contribution in [2.24, 2.45) is 0 Å². The average Bonchev–Trinajstić information content (AvgIpc) is 3.05. The standard InChI is InChI=1S/C24H29N5S/c1-5-29(6-2)15-20-27-23(21-16(3)17(4)30-24(21)28-20)26-14-12-19-10-7-9-18-11-8-13-25-22(18)19/h7-11,13H,5-6,12,14-15H2,1-4H3,(H,26,27,28). The molecule has 0 aliphatic rings. The molecule has 0 bridgehead atoms. The van der Waals surface area contributed by atoms with E-state index in [9.17, 15) is 0 Å². The number of hydrogen-bond acceptors (Lipinski definition) is 6. The summed E-state index contributed by atoms with van der Waals surface area (Å²) >= 11 is 1.76. The summed E-state index contributed by atoms with van der Waals surface area (Å²) in [6.07, 6.45) is 2.76. The smallest absolute Gasteiger partial charge is 0.146 e. The molecule has 4 rings (SSSR count). The van der Waals surface area contributed by atoms with Gasteiger partial charge in [0.25, 0.3) is 0 Å². The quantitative estimate of drug-likeness (QED) is 0.417. The van der Waals surface area contributed by atoms with Gasteiger partial charge in [0.05, 0.1) is 17.4 Å². The number of nitrogens with zero attached hydrogens (tertiary/aromatic N) is 4. The van der Waals surface area contributed by atoms with E-state index in [-0.39, 0.29) is 0 Å². The third-order valence-electron chi connectivity index (χ3n) is 5.74. The van der Waals surface area contributed by atoms with E-state index in [1.807, 2.05) is 12.3 Å². The molecule has 0 aliphatic heterocycles. The van der Waals surface area contributed by atoms with Crippen LogP contribution in [0.2, 0.25) is 0 Å². The van der Waals surface area contributed by atoms with E-state index in [1.54, 1.807) is 11.3 Å². The minimum atomic E-state index is 0.779. The summed E-state index contributed by atoms with van der Waals surface area (Å²) in [5.41, 5.74) is 3.62. The van der Waals surface area contributed by atoms with E-state index in [2.05, 4.69) is 67.2 Å². The Kier molecular flexibility index (Phi) is 6.25. The number of aromatic nitrogens is 3. The van der Waals surface area contributed by atoms with Gasteiger partial charge < -0.3 is 5.32 Å². The van der Waals surface area contributed by atoms with E-state index in [0.29, 0.717) is 0 Å². The summed E-state index contributed by atoms with van der Waals surface area (Å²) < 4.78 is 0. The minimum Gasteiger partial charge on any atom is -0.369 e. The minimum absolute atomic E-state index is 0.779. The first-order valence-electron chi connectivity index (χ1n) is 10.7. The molecule has 5 nitrogen and oxygen atoms in total. The predicted molar refractivity (Wildman–Crippen MR) is 127 cm³/mol. The zero-order valence-corrected chi connectivity index (χ0v) is 19.0. The Morgan fingerprint density at radius 2 is 1.83 bits per heavy atom. The van der Waals surface area contributed by atoms with Crippen LogP contribution in [0.4, 0.5) is 5.82 Å². The summed E-state index contributed by atoms with van der Waals surface area (Å²) in [7, 11) is 0. The lowest BCUT2D eigenvalue weighted by molar-refractivity contribution is 0.289. The fourth-order valence-electron chi connectivity index (χ4n) is 3.82. The number of nitrogens with one attached hydrogen (secondary N) is 1. The number of aryl methyl sites for hydroxylation is 2. The lowest BCUT2D eigenvalue weighted by atomic mass is 10.1. The molecule has 1 aromatic carbocycles. The first-order chi connectivity index (χ1) is 14.6. The predicted octanol–water partition coefficient (Wildman–Crippen LogP) is 5.35. The first-order valence-corrected chi connectivity index (χ1v) is 11.5. The molecule has 4 aromatic rings. The number of para-hydroxylation sites is 1. The Morgan fingerprint density at radius 1 is 1.03 bits per heavy atom. The molecule has 3 heterocycles. The summed E-state index contributed by atoms with van der Waals surface area (Å²) in [5, 5.41) is 5.96. The second-order valence-corrected chi connectivity index (χ2v) is 8.79. The molecule has 0 amide bonds. The maximum Gasteiger partial charge on any atom is 0.146 e. The highest BCUT2D eigenvalue weighted by Gasteiger charge is 2.15. The van der Waals surface area contributed by atoms with Crippen LogP contribution >= 0.6 is 11.3 Å². The van der Waals surface area contributed by atoms with Crippen molar-refractivity contribution in [2.75, 3.05) is 25.0 Å². The van der Waals surface area contributed by atoms with E-state index >= 15 is 0 Å². The zero-order valence-electron chi connectivity index (χ0n) is 18.2. The van der Waals surface area contributed by atoms with E-state index in [0.717, 1.165) is 60.0 Å². The molecular formula is C24H29N5S. The molecule has 0 unspecified atom stereocenters. The van der Waals surface area contributed by atoms with Gasteiger partial charge >= 0.3 is 0 Å². The summed E-state index contributed by atoms with van der Waals surface area (Å²) in [5.74, 6) is 1.85. The molecule has 6 heteroatoms. The van der Waals surface area contributed by atoms with E-state index < -0.39 is 0 Å². The van der Waals surface area contributed by atoms with E-state index in [1.165, 1.54) is 21.4 Å². The second-order valence-electron chi connectivity index (χ2n) is 7.58. The highest BCUT2D eigenvalue weighted by Crippen LogP contribution is 2.33. The number of benzene rings is 1. The Labute approximate surface area is 182 Å². The Bertz CT molecular complexity index is 1160. The molecule has 0 aliphatic carbocycles. The van der Waals surface area contributed by atoms with Crippen molar-refractivity contribution in [3.8, 4) is 0 Å². The monoisotopic (exact) mass is 419 g/mol. The van der Waals surface area contributed by atoms with Gasteiger partial charge in [-0.1, -0.05) is 38.1 Å². The Balaban J connectivity index is 1.60. The SMILES string of the molecule is CCN(CC)Cc1nc(NCCc2cccc3cccnc23)c2c(C)c(C)sc2n1. The van der Waals surface area contributed by atoms with Gasteiger partial charge in [0.2, 0.25) is 0 Å². The maximum atomic E-state index is 4.93. The highest BCUT2D eigenvalue weighted by molar-refractivity contribution is 7.18. The summed E-state index contributed by atoms with van der Waals surface area (Å²) in [4.78, 5) is 19.1. The number of anilines is 1. The van der Waals surface area contributed by atoms with Gasteiger partial charge in [-0.05, 0) is 50.6 Å². The number of fused-ring (bicyclic) bond motifs is 2. The largest absolute Gasteiger partial charge is 0.369 e. The molecule has 0 saturated carbocycles. The van der Waals surface area contributed by atoms with Crippen molar-refractivity contribution in [1.29, 1.82) is 0 Å². The molecule has 0 saturated heterocycles. The van der Waals surface area contributed by atoms with Crippen LogP contribution in [0.3, 0.4) is 0 Å². The summed E-state index contributed by atoms with van der Waals surface area (Å²) in [6, 6.07) is 10.5. The van der Waals surface area contributed by atoms with Crippen LogP contribution in [0.1, 0.15) is 35.7 Å². The molecule has 0 fully saturated rings. The van der Waals surface area contributed by atoms with Crippen molar-refractivity contribution in [1.82, 2.24) is 19.9 Å². The van der Waals surface area contributed by atoms with Crippen LogP contribution in [0, 0.1) is 13.8 Å². The molecule has 1 N–H and O–H groups in total.